The number of unbranched alkanes of at least 4 members (excludes halogenated alkanes) is 2. The van der Waals surface area contributed by atoms with Crippen molar-refractivity contribution >= 4 is 11.4 Å². The molecule has 208 valence electrons. The standard InChI is InChI=1S/2C11H16N.2C4H8O.2FH.Hf/c2*1-3-4-9-12-11-8-6-5-7-10(11)2;2*1-2-4-5-3-1;;;/h2*5-8H,3-4,9H2,1-2H3;2*1-4H2;2*1H;/q2*-1;;;;;+4/p-2. The SMILES string of the molecule is C1CCOC1.C1CCOC1.CCCC[N-]c1ccccc1C.CCCC[N-]c1ccccc1C.[F-].[F-].[Hf+4]. The predicted molar refractivity (Wildman–Crippen MR) is 148 cm³/mol. The third-order valence-corrected chi connectivity index (χ3v) is 5.47. The van der Waals surface area contributed by atoms with Crippen molar-refractivity contribution in [1.29, 1.82) is 0 Å². The number of benzene rings is 2. The average Bonchev–Trinajstić information content (AvgIpc) is 3.62. The van der Waals surface area contributed by atoms with Crippen LogP contribution in [0.15, 0.2) is 48.5 Å². The molecule has 4 rings (SSSR count). The summed E-state index contributed by atoms with van der Waals surface area (Å²) in [6, 6.07) is 16.5. The number of rotatable bonds is 8. The van der Waals surface area contributed by atoms with Crippen molar-refractivity contribution in [3.05, 3.63) is 70.3 Å². The van der Waals surface area contributed by atoms with Crippen LogP contribution < -0.4 is 9.41 Å². The maximum absolute atomic E-state index is 4.94. The van der Waals surface area contributed by atoms with Gasteiger partial charge in [-0.15, -0.1) is 24.5 Å². The Balaban J connectivity index is -0.000000433. The summed E-state index contributed by atoms with van der Waals surface area (Å²) < 4.78 is 9.89. The van der Waals surface area contributed by atoms with E-state index < -0.39 is 0 Å². The summed E-state index contributed by atoms with van der Waals surface area (Å²) in [7, 11) is 0. The second-order valence-electron chi connectivity index (χ2n) is 8.68. The van der Waals surface area contributed by atoms with Gasteiger partial charge in [-0.25, -0.2) is 0 Å². The molecule has 0 spiro atoms. The minimum atomic E-state index is 0. The Hall–Kier alpha value is -1.31. The van der Waals surface area contributed by atoms with Gasteiger partial charge in [0, 0.05) is 26.4 Å². The smallest absolute Gasteiger partial charge is 1.00 e. The third-order valence-electron chi connectivity index (χ3n) is 5.47. The van der Waals surface area contributed by atoms with Gasteiger partial charge in [-0.2, -0.15) is 0 Å². The monoisotopic (exact) mass is 686 g/mol. The van der Waals surface area contributed by atoms with Gasteiger partial charge in [-0.3, -0.25) is 0 Å². The van der Waals surface area contributed by atoms with Gasteiger partial charge in [-0.05, 0) is 39.5 Å². The maximum Gasteiger partial charge on any atom is 4.00 e. The van der Waals surface area contributed by atoms with Crippen LogP contribution in [0.2, 0.25) is 0 Å². The number of hydrogen-bond acceptors (Lipinski definition) is 2. The van der Waals surface area contributed by atoms with Crippen LogP contribution in [0, 0.1) is 13.8 Å². The normalized spacial score (nSPS) is 12.9. The van der Waals surface area contributed by atoms with Gasteiger partial charge in [0.15, 0.2) is 0 Å². The van der Waals surface area contributed by atoms with Gasteiger partial charge in [0.25, 0.3) is 0 Å². The maximum atomic E-state index is 4.94. The summed E-state index contributed by atoms with van der Waals surface area (Å²) >= 11 is 0. The molecule has 2 saturated heterocycles. The molecule has 0 N–H and O–H groups in total. The number of aryl methyl sites for hydroxylation is 2. The van der Waals surface area contributed by atoms with E-state index in [2.05, 4.69) is 62.6 Å². The first kappa shape index (κ1) is 40.2. The van der Waals surface area contributed by atoms with Crippen molar-refractivity contribution in [2.24, 2.45) is 0 Å². The van der Waals surface area contributed by atoms with Crippen LogP contribution in [0.5, 0.6) is 0 Å². The summed E-state index contributed by atoms with van der Waals surface area (Å²) in [6.45, 7) is 14.5. The van der Waals surface area contributed by atoms with E-state index in [9.17, 15) is 0 Å². The van der Waals surface area contributed by atoms with Gasteiger partial charge in [0.1, 0.15) is 0 Å². The van der Waals surface area contributed by atoms with Gasteiger partial charge in [-0.1, -0.05) is 99.2 Å². The molecule has 7 heteroatoms. The molecular weight excluding hydrogens is 637 g/mol. The first-order valence-electron chi connectivity index (χ1n) is 13.3. The van der Waals surface area contributed by atoms with E-state index in [1.165, 1.54) is 62.5 Å². The molecule has 2 heterocycles. The molecule has 2 fully saturated rings. The Morgan fingerprint density at radius 1 is 0.595 bits per heavy atom. The van der Waals surface area contributed by atoms with Crippen LogP contribution in [-0.2, 0) is 35.3 Å². The quantitative estimate of drug-likeness (QED) is 0.317. The molecule has 0 unspecified atom stereocenters. The summed E-state index contributed by atoms with van der Waals surface area (Å²) in [5, 5.41) is 8.99. The van der Waals surface area contributed by atoms with E-state index in [4.69, 9.17) is 9.47 Å². The number of hydrogen-bond donors (Lipinski definition) is 0. The molecule has 4 nitrogen and oxygen atoms in total. The van der Waals surface area contributed by atoms with Crippen molar-refractivity contribution in [3.63, 3.8) is 0 Å². The third kappa shape index (κ3) is 22.4. The van der Waals surface area contributed by atoms with E-state index in [1.54, 1.807) is 0 Å². The zero-order valence-corrected chi connectivity index (χ0v) is 27.1. The molecule has 37 heavy (non-hydrogen) atoms. The fourth-order valence-electron chi connectivity index (χ4n) is 3.22. The number of ether oxygens (including phenoxy) is 2. The van der Waals surface area contributed by atoms with Crippen LogP contribution in [0.3, 0.4) is 0 Å². The largest absolute Gasteiger partial charge is 4.00 e. The molecule has 0 aromatic heterocycles. The summed E-state index contributed by atoms with van der Waals surface area (Å²) in [5.74, 6) is 0. The summed E-state index contributed by atoms with van der Waals surface area (Å²) in [6.07, 6.45) is 9.92. The molecule has 0 radical (unpaired) electrons. The van der Waals surface area contributed by atoms with E-state index in [0.717, 1.165) is 50.9 Å². The summed E-state index contributed by atoms with van der Waals surface area (Å²) in [4.78, 5) is 0. The molecule has 2 aromatic rings. The van der Waals surface area contributed by atoms with E-state index in [-0.39, 0.29) is 35.3 Å². The number of halogens is 2. The average molecular weight is 685 g/mol. The van der Waals surface area contributed by atoms with Gasteiger partial charge < -0.3 is 29.5 Å². The van der Waals surface area contributed by atoms with Crippen LogP contribution in [0.25, 0.3) is 10.6 Å². The fraction of sp³-hybridized carbons (Fsp3) is 0.600. The van der Waals surface area contributed by atoms with Crippen molar-refractivity contribution in [2.45, 2.75) is 79.1 Å². The second kappa shape index (κ2) is 29.2. The van der Waals surface area contributed by atoms with Gasteiger partial charge >= 0.3 is 25.8 Å². The van der Waals surface area contributed by atoms with Crippen LogP contribution in [-0.4, -0.2) is 39.5 Å². The van der Waals surface area contributed by atoms with Crippen molar-refractivity contribution in [1.82, 2.24) is 0 Å². The molecular formula is C30H48F2HfN2O2. The first-order valence-corrected chi connectivity index (χ1v) is 13.3. The second-order valence-corrected chi connectivity index (χ2v) is 8.68. The molecule has 0 aliphatic carbocycles. The van der Waals surface area contributed by atoms with Crippen LogP contribution in [0.4, 0.5) is 11.4 Å². The zero-order valence-electron chi connectivity index (χ0n) is 23.5. The first-order chi connectivity index (χ1) is 16.7. The van der Waals surface area contributed by atoms with Gasteiger partial charge in [0.2, 0.25) is 0 Å². The molecule has 2 aliphatic heterocycles. The molecule has 2 aliphatic rings. The Kier molecular flexibility index (Phi) is 31.8. The van der Waals surface area contributed by atoms with E-state index in [0.29, 0.717) is 0 Å². The molecule has 0 saturated carbocycles. The van der Waals surface area contributed by atoms with Crippen molar-refractivity contribution in [3.8, 4) is 0 Å². The van der Waals surface area contributed by atoms with Crippen LogP contribution >= 0.6 is 0 Å². The van der Waals surface area contributed by atoms with E-state index in [1.807, 2.05) is 24.3 Å². The molecule has 0 atom stereocenters. The predicted octanol–water partition coefficient (Wildman–Crippen LogP) is 3.20. The molecule has 0 bridgehead atoms. The molecule has 2 aromatic carbocycles. The Labute approximate surface area is 244 Å². The van der Waals surface area contributed by atoms with Crippen molar-refractivity contribution < 1.29 is 44.7 Å². The minimum absolute atomic E-state index is 0. The van der Waals surface area contributed by atoms with Crippen molar-refractivity contribution in [2.75, 3.05) is 39.5 Å². The Bertz CT molecular complexity index is 654. The fourth-order valence-corrected chi connectivity index (χ4v) is 3.22. The van der Waals surface area contributed by atoms with E-state index >= 15 is 0 Å². The Morgan fingerprint density at radius 2 is 0.919 bits per heavy atom. The molecule has 0 amide bonds. The van der Waals surface area contributed by atoms with Crippen LogP contribution in [0.1, 0.15) is 76.3 Å². The van der Waals surface area contributed by atoms with Gasteiger partial charge in [0.05, 0.1) is 0 Å². The summed E-state index contributed by atoms with van der Waals surface area (Å²) in [5.41, 5.74) is 4.83. The topological polar surface area (TPSA) is 46.7 Å². The number of nitrogens with zero attached hydrogens (tertiary/aromatic N) is 2. The zero-order chi connectivity index (χ0) is 24.7. The Morgan fingerprint density at radius 3 is 1.16 bits per heavy atom. The minimum Gasteiger partial charge on any atom is -1.00 e. The number of para-hydroxylation sites is 2.